The number of hydrogen-bond donors (Lipinski definition) is 2. The number of fused-ring (bicyclic) bond motifs is 3. The van der Waals surface area contributed by atoms with Gasteiger partial charge in [0.05, 0.1) is 19.3 Å². The van der Waals surface area contributed by atoms with Crippen LogP contribution < -0.4 is 11.2 Å². The molecule has 0 fully saturated rings. The Morgan fingerprint density at radius 2 is 1.79 bits per heavy atom. The van der Waals surface area contributed by atoms with Gasteiger partial charge in [-0.25, -0.2) is 4.79 Å². The molecule has 0 bridgehead atoms. The molecule has 0 aliphatic carbocycles. The van der Waals surface area contributed by atoms with Crippen LogP contribution in [-0.4, -0.2) is 46.0 Å². The number of hydrogen-bond acceptors (Lipinski definition) is 5. The number of rotatable bonds is 8. The van der Waals surface area contributed by atoms with Crippen molar-refractivity contribution in [3.8, 4) is 0 Å². The summed E-state index contributed by atoms with van der Waals surface area (Å²) in [4.78, 5) is 30.3. The van der Waals surface area contributed by atoms with Gasteiger partial charge in [0, 0.05) is 25.0 Å². The average Bonchev–Trinajstić information content (AvgIpc) is 3.17. The SMILES string of the molecule is CCCCCCn1c(C)c(C)n2c3c(=O)n(C[C@@H](O)CO)c(=O)n(C)c3nc12. The molecule has 3 rings (SSSR count). The predicted octanol–water partition coefficient (Wildman–Crippen LogP) is 0.700. The Labute approximate surface area is 162 Å². The van der Waals surface area contributed by atoms with Crippen LogP contribution in [0.3, 0.4) is 0 Å². The summed E-state index contributed by atoms with van der Waals surface area (Å²) in [5.41, 5.74) is 1.51. The second-order valence-electron chi connectivity index (χ2n) is 7.40. The van der Waals surface area contributed by atoms with Crippen molar-refractivity contribution >= 4 is 16.9 Å². The Bertz CT molecular complexity index is 1120. The molecule has 0 spiro atoms. The molecule has 28 heavy (non-hydrogen) atoms. The zero-order valence-electron chi connectivity index (χ0n) is 17.0. The normalized spacial score (nSPS) is 13.1. The van der Waals surface area contributed by atoms with Crippen LogP contribution in [0, 0.1) is 13.8 Å². The molecule has 0 saturated carbocycles. The van der Waals surface area contributed by atoms with Crippen LogP contribution in [0.15, 0.2) is 9.59 Å². The smallest absolute Gasteiger partial charge is 0.332 e. The van der Waals surface area contributed by atoms with E-state index in [1.165, 1.54) is 11.0 Å². The lowest BCUT2D eigenvalue weighted by molar-refractivity contribution is 0.0791. The average molecular weight is 391 g/mol. The summed E-state index contributed by atoms with van der Waals surface area (Å²) in [7, 11) is 1.56. The van der Waals surface area contributed by atoms with Gasteiger partial charge in [-0.1, -0.05) is 26.2 Å². The summed E-state index contributed by atoms with van der Waals surface area (Å²) in [6, 6.07) is 0. The highest BCUT2D eigenvalue weighted by Gasteiger charge is 2.23. The fourth-order valence-electron chi connectivity index (χ4n) is 3.71. The maximum atomic E-state index is 13.1. The van der Waals surface area contributed by atoms with E-state index >= 15 is 0 Å². The van der Waals surface area contributed by atoms with Gasteiger partial charge in [-0.3, -0.25) is 18.3 Å². The molecule has 0 radical (unpaired) electrons. The first-order valence-corrected chi connectivity index (χ1v) is 9.80. The minimum atomic E-state index is -1.18. The fourth-order valence-corrected chi connectivity index (χ4v) is 3.71. The summed E-state index contributed by atoms with van der Waals surface area (Å²) >= 11 is 0. The molecule has 154 valence electrons. The molecule has 2 N–H and O–H groups in total. The van der Waals surface area contributed by atoms with Crippen molar-refractivity contribution in [2.75, 3.05) is 6.61 Å². The fraction of sp³-hybridized carbons (Fsp3) is 0.632. The minimum Gasteiger partial charge on any atom is -0.394 e. The second kappa shape index (κ2) is 7.92. The quantitative estimate of drug-likeness (QED) is 0.550. The van der Waals surface area contributed by atoms with E-state index in [4.69, 9.17) is 5.11 Å². The molecule has 0 amide bonds. The number of nitrogens with zero attached hydrogens (tertiary/aromatic N) is 5. The molecule has 3 aromatic heterocycles. The van der Waals surface area contributed by atoms with Crippen LogP contribution in [0.4, 0.5) is 0 Å². The Morgan fingerprint density at radius 3 is 2.43 bits per heavy atom. The van der Waals surface area contributed by atoms with Gasteiger partial charge in [0.2, 0.25) is 5.78 Å². The van der Waals surface area contributed by atoms with Crippen LogP contribution in [0.25, 0.3) is 16.9 Å². The molecule has 3 aromatic rings. The van der Waals surface area contributed by atoms with E-state index < -0.39 is 24.0 Å². The zero-order chi connectivity index (χ0) is 20.6. The van der Waals surface area contributed by atoms with E-state index in [1.54, 1.807) is 11.4 Å². The molecule has 0 aliphatic heterocycles. The van der Waals surface area contributed by atoms with Crippen LogP contribution in [0.2, 0.25) is 0 Å². The lowest BCUT2D eigenvalue weighted by Crippen LogP contribution is -2.42. The minimum absolute atomic E-state index is 0.263. The summed E-state index contributed by atoms with van der Waals surface area (Å²) in [5.74, 6) is 0.647. The van der Waals surface area contributed by atoms with E-state index in [2.05, 4.69) is 16.5 Å². The molecule has 3 heterocycles. The highest BCUT2D eigenvalue weighted by Crippen LogP contribution is 2.21. The number of unbranched alkanes of at least 4 members (excludes halogenated alkanes) is 3. The Hall–Kier alpha value is -2.39. The molecular formula is C19H29N5O4. The van der Waals surface area contributed by atoms with Gasteiger partial charge in [0.15, 0.2) is 11.2 Å². The van der Waals surface area contributed by atoms with Crippen LogP contribution in [0.1, 0.15) is 44.0 Å². The van der Waals surface area contributed by atoms with Crippen molar-refractivity contribution in [2.45, 2.75) is 65.6 Å². The highest BCUT2D eigenvalue weighted by molar-refractivity contribution is 5.76. The van der Waals surface area contributed by atoms with E-state index in [1.807, 2.05) is 13.8 Å². The van der Waals surface area contributed by atoms with Gasteiger partial charge in [-0.2, -0.15) is 4.98 Å². The first kappa shape index (κ1) is 20.3. The van der Waals surface area contributed by atoms with Crippen LogP contribution in [-0.2, 0) is 20.1 Å². The van der Waals surface area contributed by atoms with Gasteiger partial charge in [0.1, 0.15) is 0 Å². The monoisotopic (exact) mass is 391 g/mol. The van der Waals surface area contributed by atoms with E-state index in [0.717, 1.165) is 41.8 Å². The summed E-state index contributed by atoms with van der Waals surface area (Å²) in [6.45, 7) is 6.12. The first-order chi connectivity index (χ1) is 13.3. The van der Waals surface area contributed by atoms with Crippen molar-refractivity contribution in [2.24, 2.45) is 7.05 Å². The van der Waals surface area contributed by atoms with Gasteiger partial charge in [-0.15, -0.1) is 0 Å². The summed E-state index contributed by atoms with van der Waals surface area (Å²) < 4.78 is 6.19. The molecule has 0 aliphatic rings. The van der Waals surface area contributed by atoms with Gasteiger partial charge >= 0.3 is 5.69 Å². The van der Waals surface area contributed by atoms with Gasteiger partial charge in [0.25, 0.3) is 5.56 Å². The third-order valence-corrected chi connectivity index (χ3v) is 5.47. The standard InChI is InChI=1S/C19H29N5O4/c1-5-6-7-8-9-22-12(2)13(3)24-15-16(20-18(22)24)21(4)19(28)23(17(15)27)10-14(26)11-25/h14,25-26H,5-11H2,1-4H3/t14-/m1/s1. The topological polar surface area (TPSA) is 107 Å². The number of aryl methyl sites for hydroxylation is 3. The Morgan fingerprint density at radius 1 is 1.07 bits per heavy atom. The molecule has 0 aromatic carbocycles. The van der Waals surface area contributed by atoms with E-state index in [9.17, 15) is 14.7 Å². The Balaban J connectivity index is 2.24. The molecule has 9 nitrogen and oxygen atoms in total. The molecule has 1 atom stereocenters. The second-order valence-corrected chi connectivity index (χ2v) is 7.40. The maximum absolute atomic E-state index is 13.1. The van der Waals surface area contributed by atoms with E-state index in [0.29, 0.717) is 16.9 Å². The number of imidazole rings is 2. The molecule has 0 unspecified atom stereocenters. The van der Waals surface area contributed by atoms with Crippen molar-refractivity contribution in [3.05, 3.63) is 32.2 Å². The first-order valence-electron chi connectivity index (χ1n) is 9.80. The summed E-state index contributed by atoms with van der Waals surface area (Å²) in [6.07, 6.45) is 3.31. The highest BCUT2D eigenvalue weighted by atomic mass is 16.3. The summed E-state index contributed by atoms with van der Waals surface area (Å²) in [5, 5.41) is 18.8. The van der Waals surface area contributed by atoms with Gasteiger partial charge < -0.3 is 14.8 Å². The van der Waals surface area contributed by atoms with Crippen LogP contribution in [0.5, 0.6) is 0 Å². The maximum Gasteiger partial charge on any atom is 0.332 e. The number of aliphatic hydroxyl groups is 2. The van der Waals surface area contributed by atoms with E-state index in [-0.39, 0.29) is 6.54 Å². The van der Waals surface area contributed by atoms with Crippen molar-refractivity contribution < 1.29 is 10.2 Å². The van der Waals surface area contributed by atoms with Crippen LogP contribution >= 0.6 is 0 Å². The number of aromatic nitrogens is 5. The lowest BCUT2D eigenvalue weighted by atomic mass is 10.2. The third kappa shape index (κ3) is 3.18. The molecular weight excluding hydrogens is 362 g/mol. The van der Waals surface area contributed by atoms with Crippen molar-refractivity contribution in [3.63, 3.8) is 0 Å². The van der Waals surface area contributed by atoms with Crippen molar-refractivity contribution in [1.29, 1.82) is 0 Å². The number of aliphatic hydroxyl groups excluding tert-OH is 2. The zero-order valence-corrected chi connectivity index (χ0v) is 17.0. The largest absolute Gasteiger partial charge is 0.394 e. The van der Waals surface area contributed by atoms with Crippen molar-refractivity contribution in [1.82, 2.24) is 23.1 Å². The Kier molecular flexibility index (Phi) is 5.76. The lowest BCUT2D eigenvalue weighted by Gasteiger charge is -2.11. The molecule has 9 heteroatoms. The van der Waals surface area contributed by atoms with Gasteiger partial charge in [-0.05, 0) is 20.3 Å². The predicted molar refractivity (Wildman–Crippen MR) is 107 cm³/mol. The third-order valence-electron chi connectivity index (χ3n) is 5.47. The molecule has 0 saturated heterocycles.